The Morgan fingerprint density at radius 3 is 2.96 bits per heavy atom. The number of carbonyl (C=O) groups excluding carboxylic acids is 2. The molecule has 2 aromatic heterocycles. The lowest BCUT2D eigenvalue weighted by Gasteiger charge is -2.36. The van der Waals surface area contributed by atoms with Crippen molar-refractivity contribution in [2.45, 2.75) is 44.7 Å². The molecule has 0 radical (unpaired) electrons. The van der Waals surface area contributed by atoms with Crippen LogP contribution in [0, 0.1) is 17.2 Å². The summed E-state index contributed by atoms with van der Waals surface area (Å²) < 4.78 is 1.85. The first kappa shape index (κ1) is 15.7. The molecule has 2 aliphatic rings. The van der Waals surface area contributed by atoms with E-state index in [-0.39, 0.29) is 24.4 Å². The maximum atomic E-state index is 13.1. The third-order valence-electron chi connectivity index (χ3n) is 5.70. The zero-order chi connectivity index (χ0) is 17.6. The van der Waals surface area contributed by atoms with Crippen LogP contribution in [0.3, 0.4) is 0 Å². The number of aromatic nitrogens is 1. The minimum Gasteiger partial charge on any atom is -0.323 e. The van der Waals surface area contributed by atoms with Crippen molar-refractivity contribution in [2.75, 3.05) is 0 Å². The van der Waals surface area contributed by atoms with E-state index >= 15 is 0 Å². The maximum absolute atomic E-state index is 13.1. The highest BCUT2D eigenvalue weighted by atomic mass is 16.2. The summed E-state index contributed by atoms with van der Waals surface area (Å²) in [5.74, 6) is -0.0184. The SMILES string of the molecule is C[C@@H]1CCCC[C@@]12NC(=O)N(Cc1cn3ccccc3c1C#N)C2=O. The molecule has 6 heteroatoms. The molecule has 2 fully saturated rings. The normalized spacial score (nSPS) is 26.2. The largest absolute Gasteiger partial charge is 0.325 e. The Hall–Kier alpha value is -2.81. The molecule has 25 heavy (non-hydrogen) atoms. The lowest BCUT2D eigenvalue weighted by atomic mass is 9.73. The second-order valence-corrected chi connectivity index (χ2v) is 7.07. The Labute approximate surface area is 146 Å². The molecule has 1 aliphatic carbocycles. The molecule has 1 spiro atoms. The molecule has 3 heterocycles. The number of amides is 3. The Balaban J connectivity index is 1.69. The van der Waals surface area contributed by atoms with Crippen LogP contribution in [-0.2, 0) is 11.3 Å². The van der Waals surface area contributed by atoms with Crippen LogP contribution in [0.1, 0.15) is 43.7 Å². The van der Waals surface area contributed by atoms with Gasteiger partial charge >= 0.3 is 6.03 Å². The summed E-state index contributed by atoms with van der Waals surface area (Å²) >= 11 is 0. The second-order valence-electron chi connectivity index (χ2n) is 7.07. The Morgan fingerprint density at radius 1 is 1.36 bits per heavy atom. The number of rotatable bonds is 2. The van der Waals surface area contributed by atoms with Crippen LogP contribution in [0.4, 0.5) is 4.79 Å². The van der Waals surface area contributed by atoms with Gasteiger partial charge in [0.05, 0.1) is 17.6 Å². The van der Waals surface area contributed by atoms with Gasteiger partial charge in [-0.25, -0.2) is 4.79 Å². The highest BCUT2D eigenvalue weighted by Gasteiger charge is 2.54. The van der Waals surface area contributed by atoms with E-state index in [0.29, 0.717) is 17.5 Å². The number of nitriles is 1. The van der Waals surface area contributed by atoms with E-state index in [1.807, 2.05) is 41.9 Å². The third-order valence-corrected chi connectivity index (χ3v) is 5.70. The summed E-state index contributed by atoms with van der Waals surface area (Å²) in [6, 6.07) is 7.47. The van der Waals surface area contributed by atoms with Gasteiger partial charge in [0, 0.05) is 18.0 Å². The number of imide groups is 1. The first-order valence-corrected chi connectivity index (χ1v) is 8.69. The van der Waals surface area contributed by atoms with Crippen LogP contribution in [0.15, 0.2) is 30.6 Å². The smallest absolute Gasteiger partial charge is 0.323 e. The van der Waals surface area contributed by atoms with E-state index in [9.17, 15) is 14.9 Å². The Morgan fingerprint density at radius 2 is 2.20 bits per heavy atom. The fourth-order valence-electron chi connectivity index (χ4n) is 4.24. The van der Waals surface area contributed by atoms with Gasteiger partial charge in [-0.3, -0.25) is 9.69 Å². The quantitative estimate of drug-likeness (QED) is 0.857. The van der Waals surface area contributed by atoms with Crippen LogP contribution in [0.2, 0.25) is 0 Å². The molecule has 1 saturated carbocycles. The van der Waals surface area contributed by atoms with E-state index in [1.165, 1.54) is 4.90 Å². The van der Waals surface area contributed by atoms with E-state index in [1.54, 1.807) is 0 Å². The molecule has 4 rings (SSSR count). The van der Waals surface area contributed by atoms with Crippen LogP contribution >= 0.6 is 0 Å². The summed E-state index contributed by atoms with van der Waals surface area (Å²) in [4.78, 5) is 26.9. The second kappa shape index (κ2) is 5.62. The predicted octanol–water partition coefficient (Wildman–Crippen LogP) is 2.81. The van der Waals surface area contributed by atoms with Crippen molar-refractivity contribution in [3.8, 4) is 6.07 Å². The van der Waals surface area contributed by atoms with Crippen molar-refractivity contribution in [3.05, 3.63) is 41.7 Å². The predicted molar refractivity (Wildman–Crippen MR) is 91.6 cm³/mol. The Bertz CT molecular complexity index is 910. The molecule has 0 unspecified atom stereocenters. The average Bonchev–Trinajstić information content (AvgIpc) is 3.08. The van der Waals surface area contributed by atoms with Crippen molar-refractivity contribution >= 4 is 17.5 Å². The van der Waals surface area contributed by atoms with Gasteiger partial charge in [0.2, 0.25) is 0 Å². The topological polar surface area (TPSA) is 77.6 Å². The number of fused-ring (bicyclic) bond motifs is 1. The Kier molecular flexibility index (Phi) is 3.53. The molecule has 0 aromatic carbocycles. The zero-order valence-electron chi connectivity index (χ0n) is 14.2. The van der Waals surface area contributed by atoms with Crippen molar-refractivity contribution in [1.29, 1.82) is 5.26 Å². The summed E-state index contributed by atoms with van der Waals surface area (Å²) in [6.07, 6.45) is 7.36. The molecule has 6 nitrogen and oxygen atoms in total. The molecule has 2 atom stereocenters. The molecule has 1 saturated heterocycles. The average molecular weight is 336 g/mol. The van der Waals surface area contributed by atoms with E-state index in [0.717, 1.165) is 24.8 Å². The van der Waals surface area contributed by atoms with Crippen molar-refractivity contribution in [1.82, 2.24) is 14.6 Å². The van der Waals surface area contributed by atoms with Gasteiger partial charge in [-0.05, 0) is 30.9 Å². The number of hydrogen-bond acceptors (Lipinski definition) is 3. The lowest BCUT2D eigenvalue weighted by molar-refractivity contribution is -0.134. The minimum absolute atomic E-state index is 0.129. The highest BCUT2D eigenvalue weighted by Crippen LogP contribution is 2.38. The highest BCUT2D eigenvalue weighted by molar-refractivity contribution is 6.07. The van der Waals surface area contributed by atoms with Gasteiger partial charge < -0.3 is 9.72 Å². The molecule has 0 bridgehead atoms. The van der Waals surface area contributed by atoms with Crippen LogP contribution in [0.5, 0.6) is 0 Å². The minimum atomic E-state index is -0.763. The number of urea groups is 1. The van der Waals surface area contributed by atoms with E-state index < -0.39 is 5.54 Å². The van der Waals surface area contributed by atoms with Gasteiger partial charge in [0.1, 0.15) is 11.6 Å². The standard InChI is InChI=1S/C19H20N4O2/c1-13-6-2-4-8-19(13)17(24)23(18(25)21-19)12-14-11-22-9-5-3-7-16(22)15(14)10-20/h3,5,7,9,11,13H,2,4,6,8,12H2,1H3,(H,21,25)/t13-,19-/m1/s1. The fourth-order valence-corrected chi connectivity index (χ4v) is 4.24. The van der Waals surface area contributed by atoms with Crippen molar-refractivity contribution < 1.29 is 9.59 Å². The van der Waals surface area contributed by atoms with Gasteiger partial charge in [0.15, 0.2) is 0 Å². The summed E-state index contributed by atoms with van der Waals surface area (Å²) in [6.45, 7) is 2.16. The monoisotopic (exact) mass is 336 g/mol. The fraction of sp³-hybridized carbons (Fsp3) is 0.421. The number of nitrogens with one attached hydrogen (secondary N) is 1. The van der Waals surface area contributed by atoms with Crippen LogP contribution in [0.25, 0.3) is 5.52 Å². The molecule has 2 aromatic rings. The number of carbonyl (C=O) groups is 2. The summed E-state index contributed by atoms with van der Waals surface area (Å²) in [5.41, 5.74) is 1.23. The molecular weight excluding hydrogens is 316 g/mol. The van der Waals surface area contributed by atoms with Crippen molar-refractivity contribution in [3.63, 3.8) is 0 Å². The van der Waals surface area contributed by atoms with Crippen LogP contribution in [-0.4, -0.2) is 26.8 Å². The van der Waals surface area contributed by atoms with Gasteiger partial charge in [-0.1, -0.05) is 25.8 Å². The maximum Gasteiger partial charge on any atom is 0.325 e. The first-order chi connectivity index (χ1) is 12.1. The zero-order valence-corrected chi connectivity index (χ0v) is 14.2. The third kappa shape index (κ3) is 2.23. The van der Waals surface area contributed by atoms with E-state index in [2.05, 4.69) is 11.4 Å². The van der Waals surface area contributed by atoms with E-state index in [4.69, 9.17) is 0 Å². The van der Waals surface area contributed by atoms with Gasteiger partial charge in [0.25, 0.3) is 5.91 Å². The van der Waals surface area contributed by atoms with Crippen LogP contribution < -0.4 is 5.32 Å². The number of pyridine rings is 1. The number of hydrogen-bond donors (Lipinski definition) is 1. The van der Waals surface area contributed by atoms with Crippen molar-refractivity contribution in [2.24, 2.45) is 5.92 Å². The molecule has 128 valence electrons. The summed E-state index contributed by atoms with van der Waals surface area (Å²) in [7, 11) is 0. The molecule has 1 aliphatic heterocycles. The van der Waals surface area contributed by atoms with Gasteiger partial charge in [-0.15, -0.1) is 0 Å². The lowest BCUT2D eigenvalue weighted by Crippen LogP contribution is -2.53. The molecular formula is C19H20N4O2. The number of nitrogens with zero attached hydrogens (tertiary/aromatic N) is 3. The first-order valence-electron chi connectivity index (χ1n) is 8.69. The van der Waals surface area contributed by atoms with Gasteiger partial charge in [-0.2, -0.15) is 5.26 Å². The molecule has 1 N–H and O–H groups in total. The summed E-state index contributed by atoms with van der Waals surface area (Å²) in [5, 5.41) is 12.5. The molecule has 3 amide bonds.